The van der Waals surface area contributed by atoms with Crippen LogP contribution in [0.2, 0.25) is 0 Å². The Morgan fingerprint density at radius 2 is 2.14 bits per heavy atom. The second-order valence-corrected chi connectivity index (χ2v) is 5.94. The summed E-state index contributed by atoms with van der Waals surface area (Å²) in [5, 5.41) is 0. The van der Waals surface area contributed by atoms with Crippen LogP contribution < -0.4 is 9.47 Å². The molecule has 0 saturated carbocycles. The van der Waals surface area contributed by atoms with E-state index < -0.39 is 0 Å². The van der Waals surface area contributed by atoms with Gasteiger partial charge in [-0.2, -0.15) is 0 Å². The number of fused-ring (bicyclic) bond motifs is 1. The molecule has 0 radical (unpaired) electrons. The largest absolute Gasteiger partial charge is 0.497 e. The number of rotatable bonds is 5. The fraction of sp³-hybridized carbons (Fsp3) is 0.235. The number of ether oxygens (including phenoxy) is 2. The van der Waals surface area contributed by atoms with Crippen molar-refractivity contribution in [3.05, 3.63) is 53.6 Å². The van der Waals surface area contributed by atoms with E-state index in [2.05, 4.69) is 24.3 Å². The van der Waals surface area contributed by atoms with Crippen LogP contribution in [-0.4, -0.2) is 25.8 Å². The summed E-state index contributed by atoms with van der Waals surface area (Å²) >= 11 is 1.85. The summed E-state index contributed by atoms with van der Waals surface area (Å²) < 4.78 is 11.1. The van der Waals surface area contributed by atoms with Gasteiger partial charge in [-0.3, -0.25) is 4.79 Å². The molecule has 0 amide bonds. The molecular formula is C17H16O3S. The van der Waals surface area contributed by atoms with Gasteiger partial charge in [0.1, 0.15) is 11.5 Å². The van der Waals surface area contributed by atoms with Gasteiger partial charge in [0, 0.05) is 22.6 Å². The van der Waals surface area contributed by atoms with Gasteiger partial charge in [-0.1, -0.05) is 18.2 Å². The molecule has 0 spiro atoms. The predicted octanol–water partition coefficient (Wildman–Crippen LogP) is 3.78. The van der Waals surface area contributed by atoms with Crippen molar-refractivity contribution in [2.75, 3.05) is 19.5 Å². The summed E-state index contributed by atoms with van der Waals surface area (Å²) in [7, 11) is 1.60. The fourth-order valence-electron chi connectivity index (χ4n) is 2.42. The zero-order valence-electron chi connectivity index (χ0n) is 11.7. The highest BCUT2D eigenvalue weighted by Crippen LogP contribution is 2.39. The van der Waals surface area contributed by atoms with Crippen molar-refractivity contribution in [2.24, 2.45) is 0 Å². The van der Waals surface area contributed by atoms with E-state index in [1.807, 2.05) is 11.8 Å². The first kappa shape index (κ1) is 14.0. The zero-order valence-corrected chi connectivity index (χ0v) is 12.6. The monoisotopic (exact) mass is 300 g/mol. The lowest BCUT2D eigenvalue weighted by Crippen LogP contribution is -2.10. The molecule has 4 heteroatoms. The number of carbonyl (C=O) groups excluding carboxylic acids is 1. The van der Waals surface area contributed by atoms with Crippen molar-refractivity contribution in [1.29, 1.82) is 0 Å². The Labute approximate surface area is 128 Å². The van der Waals surface area contributed by atoms with E-state index in [0.29, 0.717) is 29.6 Å². The summed E-state index contributed by atoms with van der Waals surface area (Å²) in [6.07, 6.45) is 0.812. The summed E-state index contributed by atoms with van der Waals surface area (Å²) in [5.41, 5.74) is 1.88. The second-order valence-electron chi connectivity index (χ2n) is 4.88. The molecule has 3 nitrogen and oxygen atoms in total. The smallest absolute Gasteiger partial charge is 0.153 e. The minimum absolute atomic E-state index is 0.358. The van der Waals surface area contributed by atoms with E-state index in [0.717, 1.165) is 12.0 Å². The maximum Gasteiger partial charge on any atom is 0.153 e. The van der Waals surface area contributed by atoms with Gasteiger partial charge in [-0.15, -0.1) is 11.8 Å². The molecule has 2 aromatic carbocycles. The molecule has 3 rings (SSSR count). The van der Waals surface area contributed by atoms with Crippen LogP contribution in [0, 0.1) is 0 Å². The molecule has 0 aromatic heterocycles. The van der Waals surface area contributed by atoms with Crippen LogP contribution in [0.4, 0.5) is 0 Å². The van der Waals surface area contributed by atoms with E-state index >= 15 is 0 Å². The van der Waals surface area contributed by atoms with Gasteiger partial charge >= 0.3 is 0 Å². The Balaban J connectivity index is 1.75. The Morgan fingerprint density at radius 3 is 2.95 bits per heavy atom. The molecule has 0 fully saturated rings. The van der Waals surface area contributed by atoms with E-state index in [4.69, 9.17) is 9.47 Å². The topological polar surface area (TPSA) is 35.5 Å². The van der Waals surface area contributed by atoms with Crippen molar-refractivity contribution in [1.82, 2.24) is 0 Å². The lowest BCUT2D eigenvalue weighted by molar-refractivity contribution is 0.111. The molecule has 0 aliphatic carbocycles. The van der Waals surface area contributed by atoms with Gasteiger partial charge < -0.3 is 9.47 Å². The lowest BCUT2D eigenvalue weighted by Gasteiger charge is -2.14. The van der Waals surface area contributed by atoms with E-state index in [1.165, 1.54) is 10.5 Å². The highest BCUT2D eigenvalue weighted by atomic mass is 32.2. The predicted molar refractivity (Wildman–Crippen MR) is 83.8 cm³/mol. The van der Waals surface area contributed by atoms with E-state index in [-0.39, 0.29) is 0 Å². The third-order valence-corrected chi connectivity index (χ3v) is 4.84. The molecule has 1 atom stereocenters. The molecule has 0 N–H and O–H groups in total. The van der Waals surface area contributed by atoms with Crippen molar-refractivity contribution < 1.29 is 14.3 Å². The minimum Gasteiger partial charge on any atom is -0.497 e. The molecule has 0 saturated heterocycles. The Morgan fingerprint density at radius 1 is 1.29 bits per heavy atom. The van der Waals surface area contributed by atoms with Crippen LogP contribution in [0.15, 0.2) is 47.4 Å². The standard InChI is InChI=1S/C17H16O3S/c1-19-14-7-6-12(9-18)16(8-14)20-10-13-11-21-17-5-3-2-4-15(13)17/h2-9,13H,10-11H2,1H3. The number of benzene rings is 2. The number of hydrogen-bond donors (Lipinski definition) is 0. The second kappa shape index (κ2) is 6.22. The summed E-state index contributed by atoms with van der Waals surface area (Å²) in [5.74, 6) is 2.65. The Hall–Kier alpha value is -1.94. The van der Waals surface area contributed by atoms with Gasteiger partial charge in [0.2, 0.25) is 0 Å². The fourth-order valence-corrected chi connectivity index (χ4v) is 3.65. The third kappa shape index (κ3) is 2.90. The number of carbonyl (C=O) groups is 1. The van der Waals surface area contributed by atoms with Crippen molar-refractivity contribution in [3.8, 4) is 11.5 Å². The van der Waals surface area contributed by atoms with Crippen LogP contribution in [0.5, 0.6) is 11.5 Å². The first-order valence-corrected chi connectivity index (χ1v) is 7.78. The van der Waals surface area contributed by atoms with Gasteiger partial charge in [0.25, 0.3) is 0 Å². The Kier molecular flexibility index (Phi) is 4.15. The molecule has 1 aliphatic rings. The maximum absolute atomic E-state index is 11.1. The molecule has 108 valence electrons. The molecule has 2 aromatic rings. The lowest BCUT2D eigenvalue weighted by atomic mass is 10.0. The minimum atomic E-state index is 0.358. The van der Waals surface area contributed by atoms with Gasteiger partial charge in [0.05, 0.1) is 19.3 Å². The van der Waals surface area contributed by atoms with Crippen LogP contribution in [0.1, 0.15) is 21.8 Å². The van der Waals surface area contributed by atoms with Gasteiger partial charge in [-0.05, 0) is 23.8 Å². The van der Waals surface area contributed by atoms with Crippen LogP contribution >= 0.6 is 11.8 Å². The highest BCUT2D eigenvalue weighted by Gasteiger charge is 2.23. The van der Waals surface area contributed by atoms with Crippen LogP contribution in [0.25, 0.3) is 0 Å². The molecule has 1 aliphatic heterocycles. The molecular weight excluding hydrogens is 284 g/mol. The summed E-state index contributed by atoms with van der Waals surface area (Å²) in [4.78, 5) is 12.4. The first-order valence-electron chi connectivity index (χ1n) is 6.79. The quantitative estimate of drug-likeness (QED) is 0.787. The van der Waals surface area contributed by atoms with Crippen LogP contribution in [0.3, 0.4) is 0 Å². The number of thioether (sulfide) groups is 1. The SMILES string of the molecule is COc1ccc(C=O)c(OCC2CSc3ccccc32)c1. The maximum atomic E-state index is 11.1. The Bertz CT molecular complexity index is 654. The first-order chi connectivity index (χ1) is 10.3. The van der Waals surface area contributed by atoms with Crippen molar-refractivity contribution >= 4 is 18.0 Å². The van der Waals surface area contributed by atoms with E-state index in [1.54, 1.807) is 25.3 Å². The molecule has 0 bridgehead atoms. The van der Waals surface area contributed by atoms with Crippen LogP contribution in [-0.2, 0) is 0 Å². The summed E-state index contributed by atoms with van der Waals surface area (Å²) in [6.45, 7) is 0.567. The normalized spacial score (nSPS) is 16.3. The van der Waals surface area contributed by atoms with Gasteiger partial charge in [-0.25, -0.2) is 0 Å². The molecule has 21 heavy (non-hydrogen) atoms. The summed E-state index contributed by atoms with van der Waals surface area (Å²) in [6, 6.07) is 13.6. The van der Waals surface area contributed by atoms with E-state index in [9.17, 15) is 4.79 Å². The molecule has 1 unspecified atom stereocenters. The number of methoxy groups -OCH3 is 1. The third-order valence-electron chi connectivity index (χ3n) is 3.59. The average Bonchev–Trinajstić information content (AvgIpc) is 2.96. The van der Waals surface area contributed by atoms with Gasteiger partial charge in [0.15, 0.2) is 6.29 Å². The molecule has 1 heterocycles. The van der Waals surface area contributed by atoms with Crippen molar-refractivity contribution in [2.45, 2.75) is 10.8 Å². The van der Waals surface area contributed by atoms with Crippen molar-refractivity contribution in [3.63, 3.8) is 0 Å². The zero-order chi connectivity index (χ0) is 14.7. The number of hydrogen-bond acceptors (Lipinski definition) is 4. The highest BCUT2D eigenvalue weighted by molar-refractivity contribution is 7.99. The average molecular weight is 300 g/mol. The number of aldehydes is 1.